The van der Waals surface area contributed by atoms with E-state index < -0.39 is 5.91 Å². The molecule has 0 aliphatic rings. The number of amides is 1. The van der Waals surface area contributed by atoms with Crippen molar-refractivity contribution < 1.29 is 9.53 Å². The molecule has 1 amide bonds. The molecule has 1 heterocycles. The molecule has 0 spiro atoms. The Morgan fingerprint density at radius 1 is 1.20 bits per heavy atom. The van der Waals surface area contributed by atoms with Crippen LogP contribution >= 0.6 is 11.6 Å². The molecule has 0 saturated heterocycles. The van der Waals surface area contributed by atoms with Crippen molar-refractivity contribution in [2.45, 2.75) is 0 Å². The number of carbonyl (C=O) groups excluding carboxylic acids is 1. The van der Waals surface area contributed by atoms with Crippen LogP contribution in [-0.4, -0.2) is 23.9 Å². The molecule has 25 heavy (non-hydrogen) atoms. The Balaban J connectivity index is 1.90. The summed E-state index contributed by atoms with van der Waals surface area (Å²) in [6.07, 6.45) is 0. The number of aromatic amines is 1. The highest BCUT2D eigenvalue weighted by Gasteiger charge is 2.13. The van der Waals surface area contributed by atoms with Gasteiger partial charge in [0.1, 0.15) is 17.2 Å². The maximum Gasteiger partial charge on any atom is 0.274 e. The average molecular weight is 358 g/mol. The highest BCUT2D eigenvalue weighted by atomic mass is 35.5. The first kappa shape index (κ1) is 16.7. The Labute approximate surface area is 148 Å². The van der Waals surface area contributed by atoms with Crippen molar-refractivity contribution in [1.82, 2.24) is 10.3 Å². The Kier molecular flexibility index (Phi) is 4.49. The molecule has 3 aromatic rings. The molecule has 0 unspecified atom stereocenters. The van der Waals surface area contributed by atoms with Crippen molar-refractivity contribution in [3.8, 4) is 11.5 Å². The maximum absolute atomic E-state index is 12.1. The number of hydrogen-bond acceptors (Lipinski definition) is 4. The number of nitrogens with zero attached hydrogens (tertiary/aromatic N) is 1. The maximum atomic E-state index is 12.1. The third-order valence-corrected chi connectivity index (χ3v) is 3.82. The van der Waals surface area contributed by atoms with Gasteiger partial charge in [-0.2, -0.15) is 0 Å². The van der Waals surface area contributed by atoms with E-state index in [1.54, 1.807) is 42.5 Å². The molecule has 0 aliphatic carbocycles. The number of benzene rings is 2. The molecule has 2 aromatic carbocycles. The number of aliphatic imine (C=N–C) groups is 1. The van der Waals surface area contributed by atoms with E-state index in [0.717, 1.165) is 0 Å². The third kappa shape index (κ3) is 3.67. The van der Waals surface area contributed by atoms with E-state index in [9.17, 15) is 4.79 Å². The van der Waals surface area contributed by atoms with E-state index >= 15 is 0 Å². The van der Waals surface area contributed by atoms with Crippen LogP contribution in [0.3, 0.4) is 0 Å². The van der Waals surface area contributed by atoms with Crippen molar-refractivity contribution in [3.05, 3.63) is 53.2 Å². The van der Waals surface area contributed by atoms with Crippen LogP contribution in [0.15, 0.2) is 47.5 Å². The van der Waals surface area contributed by atoms with Gasteiger partial charge < -0.3 is 21.2 Å². The highest BCUT2D eigenvalue weighted by molar-refractivity contribution is 6.35. The first-order valence-electron chi connectivity index (χ1n) is 7.35. The van der Waals surface area contributed by atoms with Crippen molar-refractivity contribution in [1.29, 1.82) is 0 Å². The number of carbonyl (C=O) groups is 1. The zero-order valence-corrected chi connectivity index (χ0v) is 14.1. The number of anilines is 1. The van der Waals surface area contributed by atoms with E-state index in [1.807, 2.05) is 0 Å². The summed E-state index contributed by atoms with van der Waals surface area (Å²) < 4.78 is 5.77. The minimum atomic E-state index is -0.406. The summed E-state index contributed by atoms with van der Waals surface area (Å²) in [5.41, 5.74) is 12.8. The van der Waals surface area contributed by atoms with Crippen LogP contribution in [0.5, 0.6) is 11.5 Å². The first-order chi connectivity index (χ1) is 12.0. The lowest BCUT2D eigenvalue weighted by atomic mass is 10.2. The number of halogens is 1. The van der Waals surface area contributed by atoms with E-state index in [2.05, 4.69) is 15.3 Å². The van der Waals surface area contributed by atoms with Crippen molar-refractivity contribution in [2.24, 2.45) is 10.7 Å². The monoisotopic (exact) mass is 357 g/mol. The number of ether oxygens (including phenoxy) is 1. The van der Waals surface area contributed by atoms with Crippen LogP contribution in [0.1, 0.15) is 10.5 Å². The third-order valence-electron chi connectivity index (χ3n) is 3.50. The van der Waals surface area contributed by atoms with Gasteiger partial charge in [-0.1, -0.05) is 11.6 Å². The number of nitrogen functional groups attached to an aromatic ring is 1. The number of nitrogens with one attached hydrogen (secondary N) is 2. The fourth-order valence-electron chi connectivity index (χ4n) is 2.26. The Morgan fingerprint density at radius 3 is 2.60 bits per heavy atom. The van der Waals surface area contributed by atoms with Gasteiger partial charge in [-0.05, 0) is 30.3 Å². The largest absolute Gasteiger partial charge is 0.457 e. The molecule has 0 saturated carbocycles. The zero-order chi connectivity index (χ0) is 18.0. The number of H-pyrrole nitrogens is 1. The van der Waals surface area contributed by atoms with Gasteiger partial charge in [-0.15, -0.1) is 0 Å². The molecule has 6 N–H and O–H groups in total. The predicted octanol–water partition coefficient (Wildman–Crippen LogP) is 2.87. The van der Waals surface area contributed by atoms with E-state index in [0.29, 0.717) is 38.8 Å². The van der Waals surface area contributed by atoms with Gasteiger partial charge in [0.15, 0.2) is 5.96 Å². The summed E-state index contributed by atoms with van der Waals surface area (Å²) in [4.78, 5) is 18.8. The van der Waals surface area contributed by atoms with Crippen LogP contribution in [0.25, 0.3) is 10.9 Å². The summed E-state index contributed by atoms with van der Waals surface area (Å²) in [6, 6.07) is 12.1. The lowest BCUT2D eigenvalue weighted by Gasteiger charge is -2.07. The Hall–Kier alpha value is -3.19. The molecule has 3 rings (SSSR count). The van der Waals surface area contributed by atoms with Crippen LogP contribution in [0.4, 0.5) is 5.69 Å². The molecule has 0 atom stereocenters. The second-order valence-electron chi connectivity index (χ2n) is 5.28. The molecule has 128 valence electrons. The number of fused-ring (bicyclic) bond motifs is 1. The minimum absolute atomic E-state index is 0.0297. The molecule has 0 aliphatic heterocycles. The van der Waals surface area contributed by atoms with Crippen molar-refractivity contribution in [2.75, 3.05) is 12.8 Å². The topological polar surface area (TPSA) is 119 Å². The molecule has 0 fully saturated rings. The van der Waals surface area contributed by atoms with E-state index in [-0.39, 0.29) is 5.96 Å². The molecule has 8 heteroatoms. The number of rotatable bonds is 3. The molecular formula is C17H16ClN5O2. The lowest BCUT2D eigenvalue weighted by Crippen LogP contribution is -2.36. The summed E-state index contributed by atoms with van der Waals surface area (Å²) in [7, 11) is 1.48. The minimum Gasteiger partial charge on any atom is -0.457 e. The number of guanidine groups is 1. The summed E-state index contributed by atoms with van der Waals surface area (Å²) >= 11 is 6.30. The van der Waals surface area contributed by atoms with Crippen LogP contribution in [0.2, 0.25) is 5.02 Å². The van der Waals surface area contributed by atoms with Crippen molar-refractivity contribution >= 4 is 40.1 Å². The fraction of sp³-hybridized carbons (Fsp3) is 0.0588. The van der Waals surface area contributed by atoms with E-state index in [1.165, 1.54) is 7.05 Å². The van der Waals surface area contributed by atoms with Gasteiger partial charge in [-0.3, -0.25) is 15.1 Å². The lowest BCUT2D eigenvalue weighted by molar-refractivity contribution is 0.0972. The second kappa shape index (κ2) is 6.74. The van der Waals surface area contributed by atoms with Crippen molar-refractivity contribution in [3.63, 3.8) is 0 Å². The number of aromatic nitrogens is 1. The average Bonchev–Trinajstić information content (AvgIpc) is 3.01. The molecule has 1 aromatic heterocycles. The van der Waals surface area contributed by atoms with Gasteiger partial charge in [0.25, 0.3) is 5.91 Å². The quantitative estimate of drug-likeness (QED) is 0.327. The molecule has 0 radical (unpaired) electrons. The normalized spacial score (nSPS) is 11.5. The summed E-state index contributed by atoms with van der Waals surface area (Å²) in [6.45, 7) is 0. The van der Waals surface area contributed by atoms with Gasteiger partial charge in [0.05, 0.1) is 10.5 Å². The number of hydrogen-bond donors (Lipinski definition) is 4. The van der Waals surface area contributed by atoms with Gasteiger partial charge >= 0.3 is 0 Å². The Bertz CT molecular complexity index is 963. The zero-order valence-electron chi connectivity index (χ0n) is 13.3. The predicted molar refractivity (Wildman–Crippen MR) is 99.2 cm³/mol. The first-order valence-corrected chi connectivity index (χ1v) is 7.73. The SMILES string of the molecule is CN=C(N)NC(=O)c1cc2c(Cl)cc(Oc3ccc(N)cc3)cc2[nH]1. The van der Waals surface area contributed by atoms with Crippen LogP contribution in [-0.2, 0) is 0 Å². The smallest absolute Gasteiger partial charge is 0.274 e. The summed E-state index contributed by atoms with van der Waals surface area (Å²) in [5.74, 6) is 0.783. The number of nitrogens with two attached hydrogens (primary N) is 2. The van der Waals surface area contributed by atoms with E-state index in [4.69, 9.17) is 27.8 Å². The fourth-order valence-corrected chi connectivity index (χ4v) is 2.53. The van der Waals surface area contributed by atoms with Gasteiger partial charge in [0.2, 0.25) is 0 Å². The summed E-state index contributed by atoms with van der Waals surface area (Å²) in [5, 5.41) is 3.61. The van der Waals surface area contributed by atoms with Gasteiger partial charge in [-0.25, -0.2) is 0 Å². The standard InChI is InChI=1S/C17H16ClN5O2/c1-21-17(20)23-16(24)15-8-12-13(18)6-11(7-14(12)22-15)25-10-4-2-9(19)3-5-10/h2-8,22H,19H2,1H3,(H3,20,21,23,24). The van der Waals surface area contributed by atoms with Gasteiger partial charge in [0, 0.05) is 30.3 Å². The Morgan fingerprint density at radius 2 is 1.92 bits per heavy atom. The molecule has 0 bridgehead atoms. The molecule has 7 nitrogen and oxygen atoms in total. The highest BCUT2D eigenvalue weighted by Crippen LogP contribution is 2.32. The van der Waals surface area contributed by atoms with Crippen LogP contribution in [0, 0.1) is 0 Å². The van der Waals surface area contributed by atoms with Crippen LogP contribution < -0.4 is 21.5 Å². The second-order valence-corrected chi connectivity index (χ2v) is 5.69. The molecular weight excluding hydrogens is 342 g/mol.